The maximum Gasteiger partial charge on any atom is 0.250 e. The largest absolute Gasteiger partial charge is 0.497 e. The number of nitrogens with zero attached hydrogens (tertiary/aromatic N) is 5. The molecule has 2 atom stereocenters. The second-order valence-corrected chi connectivity index (χ2v) is 13.4. The van der Waals surface area contributed by atoms with E-state index in [1.807, 2.05) is 92.0 Å². The van der Waals surface area contributed by atoms with E-state index < -0.39 is 23.5 Å². The molecule has 52 heavy (non-hydrogen) atoms. The molecule has 272 valence electrons. The minimum absolute atomic E-state index is 0.0750. The number of aryl methyl sites for hydroxylation is 1. The molecule has 2 fully saturated rings. The summed E-state index contributed by atoms with van der Waals surface area (Å²) in [5.74, 6) is -0.386. The van der Waals surface area contributed by atoms with Gasteiger partial charge in [0.25, 0.3) is 5.91 Å². The highest BCUT2D eigenvalue weighted by molar-refractivity contribution is 5.97. The van der Waals surface area contributed by atoms with E-state index in [4.69, 9.17) is 10.5 Å². The average Bonchev–Trinajstić information content (AvgIpc) is 3.69. The smallest absolute Gasteiger partial charge is 0.250 e. The van der Waals surface area contributed by atoms with Crippen molar-refractivity contribution in [3.8, 4) is 5.75 Å². The van der Waals surface area contributed by atoms with Crippen LogP contribution in [0.1, 0.15) is 29.7 Å². The summed E-state index contributed by atoms with van der Waals surface area (Å²) in [6.45, 7) is 1.12. The fraction of sp³-hybridized carbons (Fsp3) is 0.359. The molecule has 3 aromatic carbocycles. The summed E-state index contributed by atoms with van der Waals surface area (Å²) in [5, 5.41) is 5.87. The highest BCUT2D eigenvalue weighted by Gasteiger charge is 2.54. The molecule has 0 saturated carbocycles. The van der Waals surface area contributed by atoms with Crippen LogP contribution in [0.15, 0.2) is 97.5 Å². The number of rotatable bonds is 13. The Morgan fingerprint density at radius 1 is 0.923 bits per heavy atom. The van der Waals surface area contributed by atoms with Gasteiger partial charge in [0.15, 0.2) is 0 Å². The van der Waals surface area contributed by atoms with Crippen molar-refractivity contribution < 1.29 is 23.9 Å². The number of aromatic nitrogens is 2. The number of nitrogens with one attached hydrogen (secondary N) is 2. The highest BCUT2D eigenvalue weighted by Crippen LogP contribution is 2.39. The molecular formula is C39H46N8O5. The predicted molar refractivity (Wildman–Crippen MR) is 196 cm³/mol. The SMILES string of the molecule is COc1ccc(C[C@@H](NC(=O)C(N)Cc2cncn2C)C(=O)N2CCC3(CC2)C(=O)N(CC(=O)NCc2ccccc2)CN3c2ccccc2)cc1. The molecule has 13 nitrogen and oxygen atoms in total. The highest BCUT2D eigenvalue weighted by atomic mass is 16.5. The van der Waals surface area contributed by atoms with Gasteiger partial charge in [0.05, 0.1) is 26.1 Å². The van der Waals surface area contributed by atoms with E-state index in [1.165, 1.54) is 0 Å². The molecule has 0 radical (unpaired) electrons. The van der Waals surface area contributed by atoms with E-state index >= 15 is 0 Å². The van der Waals surface area contributed by atoms with Crippen LogP contribution in [0.2, 0.25) is 0 Å². The van der Waals surface area contributed by atoms with Crippen molar-refractivity contribution in [3.05, 3.63) is 114 Å². The molecule has 2 saturated heterocycles. The number of likely N-dealkylation sites (tertiary alicyclic amines) is 1. The number of imidazole rings is 1. The summed E-state index contributed by atoms with van der Waals surface area (Å²) < 4.78 is 7.10. The number of hydrogen-bond donors (Lipinski definition) is 3. The summed E-state index contributed by atoms with van der Waals surface area (Å²) in [7, 11) is 3.42. The number of methoxy groups -OCH3 is 1. The minimum atomic E-state index is -0.933. The molecule has 3 heterocycles. The molecule has 2 aliphatic heterocycles. The monoisotopic (exact) mass is 706 g/mol. The van der Waals surface area contributed by atoms with Crippen molar-refractivity contribution in [2.75, 3.05) is 38.3 Å². The molecule has 13 heteroatoms. The topological polar surface area (TPSA) is 155 Å². The maximum atomic E-state index is 14.3. The minimum Gasteiger partial charge on any atom is -0.497 e. The third-order valence-corrected chi connectivity index (χ3v) is 10.0. The summed E-state index contributed by atoms with van der Waals surface area (Å²) in [5.41, 5.74) is 8.88. The van der Waals surface area contributed by atoms with Gasteiger partial charge in [-0.15, -0.1) is 0 Å². The van der Waals surface area contributed by atoms with E-state index in [2.05, 4.69) is 20.5 Å². The summed E-state index contributed by atoms with van der Waals surface area (Å²) in [6.07, 6.45) is 4.53. The van der Waals surface area contributed by atoms with Gasteiger partial charge in [-0.25, -0.2) is 4.98 Å². The number of anilines is 1. The molecule has 1 aromatic heterocycles. The zero-order chi connectivity index (χ0) is 36.7. The van der Waals surface area contributed by atoms with Crippen LogP contribution in [-0.4, -0.2) is 94.0 Å². The Kier molecular flexibility index (Phi) is 11.2. The fourth-order valence-corrected chi connectivity index (χ4v) is 7.04. The van der Waals surface area contributed by atoms with Gasteiger partial charge in [0, 0.05) is 57.1 Å². The van der Waals surface area contributed by atoms with Crippen LogP contribution in [-0.2, 0) is 45.6 Å². The molecule has 4 aromatic rings. The van der Waals surface area contributed by atoms with Gasteiger partial charge < -0.3 is 40.4 Å². The number of ether oxygens (including phenoxy) is 1. The first-order valence-electron chi connectivity index (χ1n) is 17.5. The Labute approximate surface area is 303 Å². The Morgan fingerprint density at radius 2 is 1.60 bits per heavy atom. The zero-order valence-corrected chi connectivity index (χ0v) is 29.6. The fourth-order valence-electron chi connectivity index (χ4n) is 7.04. The molecule has 2 aliphatic rings. The van der Waals surface area contributed by atoms with E-state index in [9.17, 15) is 19.2 Å². The first-order valence-corrected chi connectivity index (χ1v) is 17.5. The maximum absolute atomic E-state index is 14.3. The number of piperidine rings is 1. The quantitative estimate of drug-likeness (QED) is 0.191. The van der Waals surface area contributed by atoms with Gasteiger partial charge in [-0.3, -0.25) is 19.2 Å². The van der Waals surface area contributed by atoms with Gasteiger partial charge in [0.1, 0.15) is 23.9 Å². The third-order valence-electron chi connectivity index (χ3n) is 10.0. The van der Waals surface area contributed by atoms with Crippen molar-refractivity contribution >= 4 is 29.3 Å². The first kappa shape index (κ1) is 36.1. The van der Waals surface area contributed by atoms with Gasteiger partial charge in [0.2, 0.25) is 17.7 Å². The van der Waals surface area contributed by atoms with E-state index in [1.54, 1.807) is 34.0 Å². The van der Waals surface area contributed by atoms with Gasteiger partial charge >= 0.3 is 0 Å². The number of carbonyl (C=O) groups is 4. The van der Waals surface area contributed by atoms with Crippen LogP contribution < -0.4 is 26.0 Å². The number of hydrogen-bond acceptors (Lipinski definition) is 8. The number of benzene rings is 3. The second kappa shape index (κ2) is 16.1. The Morgan fingerprint density at radius 3 is 2.23 bits per heavy atom. The summed E-state index contributed by atoms with van der Waals surface area (Å²) in [4.78, 5) is 64.5. The number of para-hydroxylation sites is 1. The van der Waals surface area contributed by atoms with Crippen molar-refractivity contribution in [1.82, 2.24) is 30.0 Å². The molecule has 0 bridgehead atoms. The van der Waals surface area contributed by atoms with Crippen molar-refractivity contribution in [3.63, 3.8) is 0 Å². The second-order valence-electron chi connectivity index (χ2n) is 13.4. The Hall–Kier alpha value is -5.69. The van der Waals surface area contributed by atoms with Crippen LogP contribution in [0, 0.1) is 0 Å². The van der Waals surface area contributed by atoms with Crippen LogP contribution in [0.25, 0.3) is 0 Å². The molecule has 1 spiro atoms. The lowest BCUT2D eigenvalue weighted by Gasteiger charge is -2.44. The average molecular weight is 707 g/mol. The number of amides is 4. The van der Waals surface area contributed by atoms with E-state index in [0.717, 1.165) is 22.5 Å². The third kappa shape index (κ3) is 8.10. The van der Waals surface area contributed by atoms with Gasteiger partial charge in [-0.05, 0) is 48.2 Å². The van der Waals surface area contributed by atoms with Crippen LogP contribution >= 0.6 is 0 Å². The molecule has 0 aliphatic carbocycles. The van der Waals surface area contributed by atoms with Crippen LogP contribution in [0.3, 0.4) is 0 Å². The number of nitrogens with two attached hydrogens (primary N) is 1. The Balaban J connectivity index is 1.16. The molecule has 4 amide bonds. The van der Waals surface area contributed by atoms with Crippen LogP contribution in [0.4, 0.5) is 5.69 Å². The molecule has 6 rings (SSSR count). The summed E-state index contributed by atoms with van der Waals surface area (Å²) >= 11 is 0. The molecule has 4 N–H and O–H groups in total. The lowest BCUT2D eigenvalue weighted by Crippen LogP contribution is -2.60. The summed E-state index contributed by atoms with van der Waals surface area (Å²) in [6, 6.07) is 24.9. The lowest BCUT2D eigenvalue weighted by molar-refractivity contribution is -0.141. The van der Waals surface area contributed by atoms with E-state index in [0.29, 0.717) is 25.1 Å². The van der Waals surface area contributed by atoms with Crippen molar-refractivity contribution in [1.29, 1.82) is 0 Å². The van der Waals surface area contributed by atoms with E-state index in [-0.39, 0.29) is 56.9 Å². The predicted octanol–water partition coefficient (Wildman–Crippen LogP) is 2.01. The molecule has 1 unspecified atom stereocenters. The van der Waals surface area contributed by atoms with Crippen LogP contribution in [0.5, 0.6) is 5.75 Å². The Bertz CT molecular complexity index is 1840. The van der Waals surface area contributed by atoms with Gasteiger partial charge in [-0.2, -0.15) is 0 Å². The molecular weight excluding hydrogens is 660 g/mol. The zero-order valence-electron chi connectivity index (χ0n) is 29.6. The lowest BCUT2D eigenvalue weighted by atomic mass is 9.85. The van der Waals surface area contributed by atoms with Gasteiger partial charge in [-0.1, -0.05) is 60.7 Å². The first-order chi connectivity index (χ1) is 25.2. The standard InChI is InChI=1S/C39H46N8O5/c1-44-26-41-24-31(44)22-33(40)36(49)43-34(21-28-13-15-32(52-2)16-14-28)37(50)45-19-17-39(18-20-45)38(51)46(27-47(39)30-11-7-4-8-12-30)25-35(48)42-23-29-9-5-3-6-10-29/h3-16,24,26,33-34H,17-23,25,27,40H2,1-2H3,(H,42,48)(H,43,49)/t33?,34-/m1/s1. The van der Waals surface area contributed by atoms with Crippen molar-refractivity contribution in [2.24, 2.45) is 12.8 Å². The normalized spacial score (nSPS) is 16.4. The number of carbonyl (C=O) groups excluding carboxylic acids is 4. The van der Waals surface area contributed by atoms with Crippen molar-refractivity contribution in [2.45, 2.75) is 49.9 Å².